The third-order valence-corrected chi connectivity index (χ3v) is 3.06. The maximum Gasteiger partial charge on any atom is 0.0635 e. The van der Waals surface area contributed by atoms with Crippen molar-refractivity contribution in [3.05, 3.63) is 18.0 Å². The number of aryl methyl sites for hydroxylation is 2. The van der Waals surface area contributed by atoms with Crippen LogP contribution in [0.2, 0.25) is 0 Å². The maximum absolute atomic E-state index is 10.2. The van der Waals surface area contributed by atoms with E-state index in [-0.39, 0.29) is 0 Å². The van der Waals surface area contributed by atoms with Crippen molar-refractivity contribution in [2.45, 2.75) is 51.7 Å². The number of nitrogens with zero attached hydrogens (tertiary/aromatic N) is 2. The van der Waals surface area contributed by atoms with Gasteiger partial charge in [0.2, 0.25) is 0 Å². The number of nitrogens with one attached hydrogen (secondary N) is 1. The molecule has 0 radical (unpaired) electrons. The van der Waals surface area contributed by atoms with Crippen LogP contribution in [0.25, 0.3) is 0 Å². The summed E-state index contributed by atoms with van der Waals surface area (Å²) in [6.07, 6.45) is 4.21. The van der Waals surface area contributed by atoms with Gasteiger partial charge in [-0.2, -0.15) is 5.10 Å². The van der Waals surface area contributed by atoms with Crippen LogP contribution in [0.4, 0.5) is 0 Å². The predicted octanol–water partition coefficient (Wildman–Crippen LogP) is 1.49. The molecule has 1 rings (SSSR count). The molecule has 0 saturated carbocycles. The van der Waals surface area contributed by atoms with E-state index in [1.54, 1.807) is 6.20 Å². The van der Waals surface area contributed by atoms with Gasteiger partial charge in [0.25, 0.3) is 0 Å². The maximum atomic E-state index is 10.2. The molecular formula is C13H25N3O. The van der Waals surface area contributed by atoms with Gasteiger partial charge < -0.3 is 10.4 Å². The van der Waals surface area contributed by atoms with Crippen molar-refractivity contribution in [3.63, 3.8) is 0 Å². The number of aliphatic hydroxyl groups is 1. The van der Waals surface area contributed by atoms with Crippen LogP contribution in [0, 0.1) is 0 Å². The van der Waals surface area contributed by atoms with E-state index in [0.29, 0.717) is 6.04 Å². The Labute approximate surface area is 104 Å². The summed E-state index contributed by atoms with van der Waals surface area (Å²) >= 11 is 0. The van der Waals surface area contributed by atoms with Crippen LogP contribution < -0.4 is 5.32 Å². The molecule has 1 aromatic rings. The standard InChI is InChI=1S/C13H25N3O/c1-11(2)14-10-8-13(3,17)7-5-12-6-9-15-16(12)4/h6,9,11,14,17H,5,7-8,10H2,1-4H3. The highest BCUT2D eigenvalue weighted by Gasteiger charge is 2.20. The average Bonchev–Trinajstić information content (AvgIpc) is 2.60. The van der Waals surface area contributed by atoms with Gasteiger partial charge >= 0.3 is 0 Å². The Bertz CT molecular complexity index is 331. The van der Waals surface area contributed by atoms with E-state index in [4.69, 9.17) is 0 Å². The Balaban J connectivity index is 2.31. The fourth-order valence-corrected chi connectivity index (χ4v) is 1.80. The monoisotopic (exact) mass is 239 g/mol. The van der Waals surface area contributed by atoms with Crippen molar-refractivity contribution in [1.29, 1.82) is 0 Å². The van der Waals surface area contributed by atoms with Crippen molar-refractivity contribution in [2.75, 3.05) is 6.54 Å². The van der Waals surface area contributed by atoms with Crippen LogP contribution in [0.5, 0.6) is 0 Å². The first-order chi connectivity index (χ1) is 7.91. The molecular weight excluding hydrogens is 214 g/mol. The molecule has 1 atom stereocenters. The van der Waals surface area contributed by atoms with Crippen molar-refractivity contribution in [1.82, 2.24) is 15.1 Å². The third kappa shape index (κ3) is 5.33. The molecule has 4 nitrogen and oxygen atoms in total. The molecule has 0 aromatic carbocycles. The molecule has 0 aliphatic heterocycles. The van der Waals surface area contributed by atoms with Crippen molar-refractivity contribution < 1.29 is 5.11 Å². The lowest BCUT2D eigenvalue weighted by Gasteiger charge is -2.24. The molecule has 2 N–H and O–H groups in total. The highest BCUT2D eigenvalue weighted by molar-refractivity contribution is 5.01. The third-order valence-electron chi connectivity index (χ3n) is 3.06. The summed E-state index contributed by atoms with van der Waals surface area (Å²) in [6, 6.07) is 2.48. The lowest BCUT2D eigenvalue weighted by Crippen LogP contribution is -2.33. The summed E-state index contributed by atoms with van der Waals surface area (Å²) in [5, 5.41) is 17.7. The van der Waals surface area contributed by atoms with Gasteiger partial charge in [0.15, 0.2) is 0 Å². The molecule has 1 heterocycles. The predicted molar refractivity (Wildman–Crippen MR) is 69.9 cm³/mol. The van der Waals surface area contributed by atoms with E-state index in [1.807, 2.05) is 24.7 Å². The minimum Gasteiger partial charge on any atom is -0.390 e. The summed E-state index contributed by atoms with van der Waals surface area (Å²) in [5.41, 5.74) is 0.564. The zero-order valence-electron chi connectivity index (χ0n) is 11.4. The van der Waals surface area contributed by atoms with E-state index in [2.05, 4.69) is 24.3 Å². The van der Waals surface area contributed by atoms with E-state index in [9.17, 15) is 5.11 Å². The molecule has 98 valence electrons. The summed E-state index contributed by atoms with van der Waals surface area (Å²) in [7, 11) is 1.93. The van der Waals surface area contributed by atoms with E-state index >= 15 is 0 Å². The molecule has 1 aromatic heterocycles. The largest absolute Gasteiger partial charge is 0.390 e. The van der Waals surface area contributed by atoms with Crippen LogP contribution in [0.15, 0.2) is 12.3 Å². The van der Waals surface area contributed by atoms with Gasteiger partial charge in [-0.1, -0.05) is 13.8 Å². The lowest BCUT2D eigenvalue weighted by molar-refractivity contribution is 0.0417. The summed E-state index contributed by atoms with van der Waals surface area (Å²) in [4.78, 5) is 0. The number of hydrogen-bond donors (Lipinski definition) is 2. The topological polar surface area (TPSA) is 50.1 Å². The molecule has 4 heteroatoms. The minimum atomic E-state index is -0.605. The van der Waals surface area contributed by atoms with Gasteiger partial charge in [0, 0.05) is 25.0 Å². The van der Waals surface area contributed by atoms with Crippen molar-refractivity contribution >= 4 is 0 Å². The van der Waals surface area contributed by atoms with Crippen LogP contribution in [-0.4, -0.2) is 33.1 Å². The SMILES string of the molecule is CC(C)NCCC(C)(O)CCc1ccnn1C. The van der Waals surface area contributed by atoms with E-state index in [0.717, 1.165) is 25.8 Å². The molecule has 0 fully saturated rings. The van der Waals surface area contributed by atoms with Crippen molar-refractivity contribution in [2.24, 2.45) is 7.05 Å². The molecule has 0 bridgehead atoms. The second-order valence-corrected chi connectivity index (χ2v) is 5.30. The minimum absolute atomic E-state index is 0.475. The first kappa shape index (κ1) is 14.2. The second kappa shape index (κ2) is 6.17. The van der Waals surface area contributed by atoms with Crippen LogP contribution in [0.1, 0.15) is 39.3 Å². The first-order valence-corrected chi connectivity index (χ1v) is 6.33. The normalized spacial score (nSPS) is 15.2. The number of rotatable bonds is 7. The second-order valence-electron chi connectivity index (χ2n) is 5.30. The summed E-state index contributed by atoms with van der Waals surface area (Å²) in [5.74, 6) is 0. The van der Waals surface area contributed by atoms with E-state index < -0.39 is 5.60 Å². The average molecular weight is 239 g/mol. The zero-order chi connectivity index (χ0) is 12.9. The fraction of sp³-hybridized carbons (Fsp3) is 0.769. The number of hydrogen-bond acceptors (Lipinski definition) is 3. The first-order valence-electron chi connectivity index (χ1n) is 6.33. The van der Waals surface area contributed by atoms with Crippen LogP contribution in [0.3, 0.4) is 0 Å². The van der Waals surface area contributed by atoms with Crippen LogP contribution >= 0.6 is 0 Å². The highest BCUT2D eigenvalue weighted by atomic mass is 16.3. The van der Waals surface area contributed by atoms with Gasteiger partial charge in [-0.05, 0) is 38.8 Å². The smallest absolute Gasteiger partial charge is 0.0635 e. The molecule has 0 saturated heterocycles. The summed E-state index contributed by atoms with van der Waals surface area (Å²) in [6.45, 7) is 7.00. The molecule has 0 spiro atoms. The lowest BCUT2D eigenvalue weighted by atomic mass is 9.95. The van der Waals surface area contributed by atoms with Gasteiger partial charge in [0.05, 0.1) is 5.60 Å². The Morgan fingerprint density at radius 3 is 2.71 bits per heavy atom. The van der Waals surface area contributed by atoms with Crippen LogP contribution in [-0.2, 0) is 13.5 Å². The van der Waals surface area contributed by atoms with Gasteiger partial charge in [-0.3, -0.25) is 4.68 Å². The molecule has 0 aliphatic carbocycles. The molecule has 17 heavy (non-hydrogen) atoms. The quantitative estimate of drug-likeness (QED) is 0.758. The Morgan fingerprint density at radius 1 is 1.47 bits per heavy atom. The molecule has 0 amide bonds. The molecule has 0 aliphatic rings. The Kier molecular flexibility index (Phi) is 5.15. The highest BCUT2D eigenvalue weighted by Crippen LogP contribution is 2.17. The van der Waals surface area contributed by atoms with E-state index in [1.165, 1.54) is 5.69 Å². The fourth-order valence-electron chi connectivity index (χ4n) is 1.80. The zero-order valence-corrected chi connectivity index (χ0v) is 11.4. The van der Waals surface area contributed by atoms with Gasteiger partial charge in [-0.25, -0.2) is 0 Å². The van der Waals surface area contributed by atoms with Gasteiger partial charge in [0.1, 0.15) is 0 Å². The Hall–Kier alpha value is -0.870. The Morgan fingerprint density at radius 2 is 2.18 bits per heavy atom. The summed E-state index contributed by atoms with van der Waals surface area (Å²) < 4.78 is 1.86. The number of aromatic nitrogens is 2. The van der Waals surface area contributed by atoms with Crippen molar-refractivity contribution in [3.8, 4) is 0 Å². The van der Waals surface area contributed by atoms with Gasteiger partial charge in [-0.15, -0.1) is 0 Å². The molecule has 1 unspecified atom stereocenters.